The van der Waals surface area contributed by atoms with E-state index in [4.69, 9.17) is 13.2 Å². The van der Waals surface area contributed by atoms with Gasteiger partial charge in [0.25, 0.3) is 0 Å². The van der Waals surface area contributed by atoms with Crippen molar-refractivity contribution >= 4 is 44.6 Å². The molecule has 0 radical (unpaired) electrons. The molecule has 10 aromatic rings. The number of aromatic nitrogens is 2. The molecule has 4 heteroatoms. The first-order valence-corrected chi connectivity index (χ1v) is 23.2. The maximum absolute atomic E-state index is 9.17. The Bertz CT molecular complexity index is 3940. The Labute approximate surface area is 415 Å². The molecule has 3 heterocycles. The van der Waals surface area contributed by atoms with Crippen LogP contribution in [0.1, 0.15) is 90.0 Å². The molecular weight excluding hydrogens is 825 g/mol. The number of pyridine rings is 1. The van der Waals surface area contributed by atoms with E-state index in [9.17, 15) is 5.48 Å². The van der Waals surface area contributed by atoms with Gasteiger partial charge in [-0.15, -0.1) is 0 Å². The molecule has 11 rings (SSSR count). The Hall–Kier alpha value is -7.69. The lowest BCUT2D eigenvalue weighted by Crippen LogP contribution is -2.27. The van der Waals surface area contributed by atoms with Gasteiger partial charge in [-0.2, -0.15) is 0 Å². The van der Waals surface area contributed by atoms with Crippen LogP contribution < -0.4 is 9.80 Å². The number of hydrogen-bond donors (Lipinski definition) is 0. The molecular formula is C64H58N4. The smallest absolute Gasteiger partial charge is 0.137 e. The summed E-state index contributed by atoms with van der Waals surface area (Å²) < 4.78 is 90.7. The van der Waals surface area contributed by atoms with Crippen molar-refractivity contribution in [2.45, 2.75) is 64.7 Å². The van der Waals surface area contributed by atoms with Gasteiger partial charge in [0.1, 0.15) is 12.5 Å². The lowest BCUT2D eigenvalue weighted by atomic mass is 9.75. The van der Waals surface area contributed by atoms with Crippen LogP contribution in [0.4, 0.5) is 22.7 Å². The molecule has 0 spiro atoms. The molecule has 0 amide bonds. The van der Waals surface area contributed by atoms with Crippen LogP contribution in [-0.4, -0.2) is 16.2 Å². The summed E-state index contributed by atoms with van der Waals surface area (Å²) in [6.45, 7) is 15.7. The van der Waals surface area contributed by atoms with E-state index < -0.39 is 65.8 Å². The van der Waals surface area contributed by atoms with Crippen LogP contribution in [0.3, 0.4) is 0 Å². The quantitative estimate of drug-likeness (QED) is 0.144. The first-order chi connectivity index (χ1) is 37.0. The fourth-order valence-corrected chi connectivity index (χ4v) is 9.92. The lowest BCUT2D eigenvalue weighted by molar-refractivity contribution is 0.582. The molecule has 0 saturated carbocycles. The minimum Gasteiger partial charge on any atom is -0.321 e. The number of nitrogens with zero attached hydrogens (tertiary/aromatic N) is 4. The van der Waals surface area contributed by atoms with Crippen LogP contribution >= 0.6 is 0 Å². The van der Waals surface area contributed by atoms with Gasteiger partial charge >= 0.3 is 0 Å². The third-order valence-electron chi connectivity index (χ3n) is 14.0. The van der Waals surface area contributed by atoms with E-state index in [2.05, 4.69) is 155 Å². The highest BCUT2D eigenvalue weighted by Gasteiger charge is 2.34. The molecule has 334 valence electrons. The average Bonchev–Trinajstić information content (AvgIpc) is 4.16. The number of fused-ring (bicyclic) bond motifs is 4. The topological polar surface area (TPSA) is 24.3 Å². The summed E-state index contributed by atoms with van der Waals surface area (Å²) >= 11 is 0. The van der Waals surface area contributed by atoms with Gasteiger partial charge in [-0.05, 0) is 92.9 Å². The standard InChI is InChI=1S/C64H58N4/c1-62(2,3)49-38-50(40-51(39-49)66-43-67(58-33-20-19-32-57(58)66)61-52(44-22-11-8-12-23-44)29-21-30-53(61)45-24-13-9-14-25-45)64(6,7)47-34-35-55-54-28-17-18-31-56(54)68(59(55)41-47)60-42-48(36-37-65-60)63(4,5)46-26-15-10-16-27-46/h8-42H,43H2,1-7H3/i8D,9D,11D,12D,13D,14D,22D,23D,24D,25D. The zero-order valence-electron chi connectivity index (χ0n) is 49.4. The van der Waals surface area contributed by atoms with Gasteiger partial charge in [-0.3, -0.25) is 4.57 Å². The Kier molecular flexibility index (Phi) is 8.02. The minimum absolute atomic E-state index is 0.0737. The SMILES string of the molecule is [2H]c1c([2H])c([2H])c(-c2cccc(-c3c([2H])c([2H])c([2H])c([2H])c3[2H])c2N2CN(c3cc(C(C)(C)C)cc(C(C)(C)c4ccc5c6ccccc6n(-c6cc(C(C)(C)c7ccccc7)ccn6)c5c4)c3)c3ccccc32)c([2H])c1[2H]. The van der Waals surface area contributed by atoms with E-state index >= 15 is 0 Å². The molecule has 8 aromatic carbocycles. The van der Waals surface area contributed by atoms with Crippen molar-refractivity contribution in [3.8, 4) is 28.1 Å². The second-order valence-corrected chi connectivity index (χ2v) is 19.8. The van der Waals surface area contributed by atoms with E-state index in [1.807, 2.05) is 41.4 Å². The monoisotopic (exact) mass is 893 g/mol. The molecule has 0 N–H and O–H groups in total. The second-order valence-electron chi connectivity index (χ2n) is 19.8. The maximum Gasteiger partial charge on any atom is 0.137 e. The Morgan fingerprint density at radius 2 is 1.03 bits per heavy atom. The predicted molar refractivity (Wildman–Crippen MR) is 287 cm³/mol. The number of para-hydroxylation sites is 4. The van der Waals surface area contributed by atoms with Crippen LogP contribution in [0.2, 0.25) is 0 Å². The zero-order valence-corrected chi connectivity index (χ0v) is 39.4. The first kappa shape index (κ1) is 32.9. The van der Waals surface area contributed by atoms with Crippen molar-refractivity contribution in [2.24, 2.45) is 0 Å². The Morgan fingerprint density at radius 1 is 0.456 bits per heavy atom. The van der Waals surface area contributed by atoms with E-state index in [0.29, 0.717) is 11.4 Å². The first-order valence-electron chi connectivity index (χ1n) is 28.2. The molecule has 0 atom stereocenters. The van der Waals surface area contributed by atoms with Gasteiger partial charge in [0.05, 0.1) is 41.8 Å². The van der Waals surface area contributed by atoms with E-state index in [1.54, 1.807) is 18.2 Å². The summed E-state index contributed by atoms with van der Waals surface area (Å²) in [7, 11) is 0. The van der Waals surface area contributed by atoms with Gasteiger partial charge in [-0.25, -0.2) is 4.98 Å². The van der Waals surface area contributed by atoms with Gasteiger partial charge in [-0.1, -0.05) is 206 Å². The fraction of sp³-hybridized carbons (Fsp3) is 0.172. The predicted octanol–water partition coefficient (Wildman–Crippen LogP) is 16.7. The van der Waals surface area contributed by atoms with Crippen molar-refractivity contribution in [3.05, 3.63) is 240 Å². The van der Waals surface area contributed by atoms with Crippen molar-refractivity contribution in [1.29, 1.82) is 0 Å². The summed E-state index contributed by atoms with van der Waals surface area (Å²) in [5.41, 5.74) is 9.60. The van der Waals surface area contributed by atoms with Crippen LogP contribution in [0.5, 0.6) is 0 Å². The third-order valence-corrected chi connectivity index (χ3v) is 14.0. The average molecular weight is 893 g/mol. The maximum atomic E-state index is 9.17. The van der Waals surface area contributed by atoms with Crippen molar-refractivity contribution in [1.82, 2.24) is 9.55 Å². The van der Waals surface area contributed by atoms with Crippen LogP contribution in [0.25, 0.3) is 49.9 Å². The van der Waals surface area contributed by atoms with Crippen molar-refractivity contribution in [2.75, 3.05) is 16.5 Å². The normalized spacial score (nSPS) is 15.2. The minimum atomic E-state index is -0.573. The van der Waals surface area contributed by atoms with Gasteiger partial charge in [0.2, 0.25) is 0 Å². The number of rotatable bonds is 9. The van der Waals surface area contributed by atoms with Gasteiger partial charge in [0, 0.05) is 44.6 Å². The highest BCUT2D eigenvalue weighted by molar-refractivity contribution is 6.09. The number of anilines is 4. The zero-order chi connectivity index (χ0) is 55.5. The highest BCUT2D eigenvalue weighted by atomic mass is 15.4. The van der Waals surface area contributed by atoms with Crippen molar-refractivity contribution in [3.63, 3.8) is 0 Å². The second kappa shape index (κ2) is 16.6. The largest absolute Gasteiger partial charge is 0.321 e. The molecule has 0 saturated heterocycles. The summed E-state index contributed by atoms with van der Waals surface area (Å²) in [5.74, 6) is 0.829. The third kappa shape index (κ3) is 7.36. The summed E-state index contributed by atoms with van der Waals surface area (Å²) in [6.07, 6.45) is 1.91. The molecule has 1 aliphatic heterocycles. The molecule has 0 bridgehead atoms. The van der Waals surface area contributed by atoms with Gasteiger partial charge < -0.3 is 9.80 Å². The fourth-order valence-electron chi connectivity index (χ4n) is 9.92. The van der Waals surface area contributed by atoms with Gasteiger partial charge in [0.15, 0.2) is 0 Å². The molecule has 0 unspecified atom stereocenters. The number of benzene rings is 8. The molecule has 68 heavy (non-hydrogen) atoms. The molecule has 2 aromatic heterocycles. The summed E-state index contributed by atoms with van der Waals surface area (Å²) in [5, 5.41) is 2.24. The molecule has 0 fully saturated rings. The molecule has 0 aliphatic carbocycles. The van der Waals surface area contributed by atoms with E-state index in [1.165, 1.54) is 5.56 Å². The Balaban J connectivity index is 1.08. The molecule has 4 nitrogen and oxygen atoms in total. The van der Waals surface area contributed by atoms with Crippen LogP contribution in [0, 0.1) is 0 Å². The number of hydrogen-bond acceptors (Lipinski definition) is 3. The lowest BCUT2D eigenvalue weighted by Gasteiger charge is -2.32. The molecule has 1 aliphatic rings. The van der Waals surface area contributed by atoms with E-state index in [-0.39, 0.29) is 39.8 Å². The highest BCUT2D eigenvalue weighted by Crippen LogP contribution is 2.51. The van der Waals surface area contributed by atoms with Crippen LogP contribution in [0.15, 0.2) is 212 Å². The Morgan fingerprint density at radius 3 is 1.71 bits per heavy atom. The summed E-state index contributed by atoms with van der Waals surface area (Å²) in [4.78, 5) is 9.18. The van der Waals surface area contributed by atoms with Crippen molar-refractivity contribution < 1.29 is 13.7 Å². The van der Waals surface area contributed by atoms with Crippen LogP contribution in [-0.2, 0) is 16.2 Å². The summed E-state index contributed by atoms with van der Waals surface area (Å²) in [6, 6.07) is 44.8. The van der Waals surface area contributed by atoms with E-state index in [0.717, 1.165) is 61.3 Å².